The highest BCUT2D eigenvalue weighted by molar-refractivity contribution is 6.39. The van der Waals surface area contributed by atoms with Crippen LogP contribution < -0.4 is 4.74 Å². The van der Waals surface area contributed by atoms with E-state index in [9.17, 15) is 9.59 Å². The largest absolute Gasteiger partial charge is 0.489 e. The molecule has 0 aliphatic rings. The van der Waals surface area contributed by atoms with Crippen LogP contribution in [0.2, 0.25) is 0 Å². The average molecular weight is 270 g/mol. The van der Waals surface area contributed by atoms with Gasteiger partial charge in [0.1, 0.15) is 12.4 Å². The lowest BCUT2D eigenvalue weighted by molar-refractivity contribution is -0.131. The summed E-state index contributed by atoms with van der Waals surface area (Å²) in [6.45, 7) is 2.21. The van der Waals surface area contributed by atoms with Crippen molar-refractivity contribution in [3.63, 3.8) is 0 Å². The molecule has 1 N–H and O–H groups in total. The van der Waals surface area contributed by atoms with Gasteiger partial charge in [0.2, 0.25) is 0 Å². The van der Waals surface area contributed by atoms with Crippen molar-refractivity contribution in [3.05, 3.63) is 65.2 Å². The Morgan fingerprint density at radius 2 is 1.80 bits per heavy atom. The molecule has 0 fully saturated rings. The van der Waals surface area contributed by atoms with E-state index in [-0.39, 0.29) is 5.56 Å². The number of carbonyl (C=O) groups is 2. The minimum absolute atomic E-state index is 0.117. The molecule has 0 saturated heterocycles. The first kappa shape index (κ1) is 13.8. The van der Waals surface area contributed by atoms with Gasteiger partial charge in [0.05, 0.1) is 0 Å². The SMILES string of the molecule is Cc1ccc(C(=O)C(=O)O)cc1OCc1ccccc1. The summed E-state index contributed by atoms with van der Waals surface area (Å²) in [7, 11) is 0. The van der Waals surface area contributed by atoms with Gasteiger partial charge in [-0.3, -0.25) is 4.79 Å². The van der Waals surface area contributed by atoms with Crippen LogP contribution in [0.3, 0.4) is 0 Å². The van der Waals surface area contributed by atoms with Crippen LogP contribution >= 0.6 is 0 Å². The summed E-state index contributed by atoms with van der Waals surface area (Å²) in [6, 6.07) is 14.2. The molecule has 2 aromatic carbocycles. The number of aryl methyl sites for hydroxylation is 1. The van der Waals surface area contributed by atoms with Crippen molar-refractivity contribution < 1.29 is 19.4 Å². The van der Waals surface area contributed by atoms with E-state index in [1.165, 1.54) is 12.1 Å². The topological polar surface area (TPSA) is 63.6 Å². The molecule has 0 atom stereocenters. The number of rotatable bonds is 5. The molecule has 2 rings (SSSR count). The maximum absolute atomic E-state index is 11.4. The van der Waals surface area contributed by atoms with E-state index >= 15 is 0 Å². The van der Waals surface area contributed by atoms with Gasteiger partial charge in [0.25, 0.3) is 5.78 Å². The quantitative estimate of drug-likeness (QED) is 0.670. The summed E-state index contributed by atoms with van der Waals surface area (Å²) in [6.07, 6.45) is 0. The predicted molar refractivity (Wildman–Crippen MR) is 73.9 cm³/mol. The second-order valence-electron chi connectivity index (χ2n) is 4.39. The molecule has 0 unspecified atom stereocenters. The van der Waals surface area contributed by atoms with E-state index in [4.69, 9.17) is 9.84 Å². The highest BCUT2D eigenvalue weighted by Gasteiger charge is 2.15. The van der Waals surface area contributed by atoms with E-state index in [0.717, 1.165) is 11.1 Å². The molecule has 20 heavy (non-hydrogen) atoms. The molecule has 4 nitrogen and oxygen atoms in total. The van der Waals surface area contributed by atoms with E-state index in [1.807, 2.05) is 37.3 Å². The standard InChI is InChI=1S/C16H14O4/c1-11-7-8-13(15(17)16(18)19)9-14(11)20-10-12-5-3-2-4-6-12/h2-9H,10H2,1H3,(H,18,19). The maximum Gasteiger partial charge on any atom is 0.377 e. The molecule has 0 radical (unpaired) electrons. The predicted octanol–water partition coefficient (Wildman–Crippen LogP) is 2.84. The Hall–Kier alpha value is -2.62. The van der Waals surface area contributed by atoms with Gasteiger partial charge in [-0.15, -0.1) is 0 Å². The molecule has 4 heteroatoms. The van der Waals surface area contributed by atoms with Crippen molar-refractivity contribution in [1.29, 1.82) is 0 Å². The number of carboxylic acid groups (broad SMARTS) is 1. The van der Waals surface area contributed by atoms with E-state index in [2.05, 4.69) is 0 Å². The zero-order chi connectivity index (χ0) is 14.5. The Morgan fingerprint density at radius 3 is 2.45 bits per heavy atom. The summed E-state index contributed by atoms with van der Waals surface area (Å²) in [4.78, 5) is 22.1. The number of ketones is 1. The van der Waals surface area contributed by atoms with E-state index < -0.39 is 11.8 Å². The van der Waals surface area contributed by atoms with E-state index in [0.29, 0.717) is 12.4 Å². The number of carboxylic acids is 1. The molecule has 0 aliphatic heterocycles. The van der Waals surface area contributed by atoms with Crippen LogP contribution in [0.1, 0.15) is 21.5 Å². The van der Waals surface area contributed by atoms with Crippen molar-refractivity contribution in [1.82, 2.24) is 0 Å². The molecule has 102 valence electrons. The van der Waals surface area contributed by atoms with Crippen LogP contribution in [0.5, 0.6) is 5.75 Å². The molecule has 2 aromatic rings. The lowest BCUT2D eigenvalue weighted by atomic mass is 10.1. The first-order valence-corrected chi connectivity index (χ1v) is 6.13. The minimum atomic E-state index is -1.47. The third kappa shape index (κ3) is 3.23. The molecule has 0 heterocycles. The summed E-state index contributed by atoms with van der Waals surface area (Å²) in [5.41, 5.74) is 1.97. The number of ether oxygens (including phenoxy) is 1. The van der Waals surface area contributed by atoms with Gasteiger partial charge in [-0.2, -0.15) is 0 Å². The van der Waals surface area contributed by atoms with Crippen LogP contribution in [0.15, 0.2) is 48.5 Å². The fourth-order valence-electron chi connectivity index (χ4n) is 1.76. The summed E-state index contributed by atoms with van der Waals surface area (Å²) < 4.78 is 5.65. The first-order chi connectivity index (χ1) is 9.58. The summed E-state index contributed by atoms with van der Waals surface area (Å²) in [5.74, 6) is -1.89. The molecule has 0 spiro atoms. The van der Waals surface area contributed by atoms with Gasteiger partial charge in [-0.05, 0) is 24.1 Å². The van der Waals surface area contributed by atoms with Crippen molar-refractivity contribution in [2.45, 2.75) is 13.5 Å². The maximum atomic E-state index is 11.4. The van der Waals surface area contributed by atoms with Crippen molar-refractivity contribution >= 4 is 11.8 Å². The number of aliphatic carboxylic acids is 1. The Balaban J connectivity index is 2.17. The first-order valence-electron chi connectivity index (χ1n) is 6.13. The zero-order valence-corrected chi connectivity index (χ0v) is 11.0. The molecule has 0 amide bonds. The Labute approximate surface area is 116 Å². The van der Waals surface area contributed by atoms with Crippen molar-refractivity contribution in [2.24, 2.45) is 0 Å². The number of benzene rings is 2. The highest BCUT2D eigenvalue weighted by Crippen LogP contribution is 2.21. The minimum Gasteiger partial charge on any atom is -0.489 e. The second-order valence-corrected chi connectivity index (χ2v) is 4.39. The van der Waals surface area contributed by atoms with Crippen molar-refractivity contribution in [3.8, 4) is 5.75 Å². The smallest absolute Gasteiger partial charge is 0.377 e. The number of Topliss-reactive ketones (excluding diaryl/α,β-unsaturated/α-hetero) is 1. The van der Waals surface area contributed by atoms with Gasteiger partial charge in [-0.1, -0.05) is 42.5 Å². The van der Waals surface area contributed by atoms with E-state index in [1.54, 1.807) is 6.07 Å². The Kier molecular flexibility index (Phi) is 4.15. The molecular weight excluding hydrogens is 256 g/mol. The molecule has 0 aromatic heterocycles. The van der Waals surface area contributed by atoms with Crippen LogP contribution in [-0.4, -0.2) is 16.9 Å². The van der Waals surface area contributed by atoms with Gasteiger partial charge >= 0.3 is 5.97 Å². The van der Waals surface area contributed by atoms with Crippen LogP contribution in [0, 0.1) is 6.92 Å². The number of carbonyl (C=O) groups excluding carboxylic acids is 1. The van der Waals surface area contributed by atoms with Gasteiger partial charge in [-0.25, -0.2) is 4.79 Å². The van der Waals surface area contributed by atoms with Gasteiger partial charge in [0.15, 0.2) is 0 Å². The lowest BCUT2D eigenvalue weighted by Gasteiger charge is -2.10. The Morgan fingerprint density at radius 1 is 1.10 bits per heavy atom. The van der Waals surface area contributed by atoms with Gasteiger partial charge in [0, 0.05) is 5.56 Å². The Bertz CT molecular complexity index is 632. The third-order valence-corrected chi connectivity index (χ3v) is 2.88. The number of hydrogen-bond donors (Lipinski definition) is 1. The fraction of sp³-hybridized carbons (Fsp3) is 0.125. The monoisotopic (exact) mass is 270 g/mol. The van der Waals surface area contributed by atoms with Crippen molar-refractivity contribution in [2.75, 3.05) is 0 Å². The number of hydrogen-bond acceptors (Lipinski definition) is 3. The summed E-state index contributed by atoms with van der Waals surface area (Å²) in [5, 5.41) is 8.71. The molecule has 0 aliphatic carbocycles. The van der Waals surface area contributed by atoms with Gasteiger partial charge < -0.3 is 9.84 Å². The average Bonchev–Trinajstić information content (AvgIpc) is 2.46. The second kappa shape index (κ2) is 6.02. The highest BCUT2D eigenvalue weighted by atomic mass is 16.5. The third-order valence-electron chi connectivity index (χ3n) is 2.88. The molecular formula is C16H14O4. The van der Waals surface area contributed by atoms with Crippen LogP contribution in [-0.2, 0) is 11.4 Å². The normalized spacial score (nSPS) is 10.1. The summed E-state index contributed by atoms with van der Waals surface area (Å²) >= 11 is 0. The van der Waals surface area contributed by atoms with Crippen LogP contribution in [0.25, 0.3) is 0 Å². The zero-order valence-electron chi connectivity index (χ0n) is 11.0. The molecule has 0 saturated carbocycles. The van der Waals surface area contributed by atoms with Crippen LogP contribution in [0.4, 0.5) is 0 Å². The molecule has 0 bridgehead atoms. The fourth-order valence-corrected chi connectivity index (χ4v) is 1.76. The lowest BCUT2D eigenvalue weighted by Crippen LogP contribution is -2.12.